The zero-order valence-corrected chi connectivity index (χ0v) is 12.1. The van der Waals surface area contributed by atoms with E-state index in [4.69, 9.17) is 4.74 Å². The molecule has 0 aromatic heterocycles. The quantitative estimate of drug-likeness (QED) is 0.767. The SMILES string of the molecule is CCN(CCOC)c1ccccc1CNC(C)C. The van der Waals surface area contributed by atoms with Gasteiger partial charge in [-0.2, -0.15) is 0 Å². The second-order valence-electron chi connectivity index (χ2n) is 4.74. The van der Waals surface area contributed by atoms with Crippen molar-refractivity contribution in [3.63, 3.8) is 0 Å². The molecule has 1 aromatic carbocycles. The van der Waals surface area contributed by atoms with Crippen LogP contribution in [-0.4, -0.2) is 32.8 Å². The summed E-state index contributed by atoms with van der Waals surface area (Å²) in [6, 6.07) is 9.10. The molecule has 1 N–H and O–H groups in total. The normalized spacial score (nSPS) is 10.9. The molecular weight excluding hydrogens is 224 g/mol. The zero-order valence-electron chi connectivity index (χ0n) is 12.1. The average molecular weight is 250 g/mol. The summed E-state index contributed by atoms with van der Waals surface area (Å²) in [6.07, 6.45) is 0. The number of likely N-dealkylation sites (N-methyl/N-ethyl adjacent to an activating group) is 1. The average Bonchev–Trinajstić information content (AvgIpc) is 2.38. The van der Waals surface area contributed by atoms with Crippen LogP contribution in [0.4, 0.5) is 5.69 Å². The summed E-state index contributed by atoms with van der Waals surface area (Å²) in [5, 5.41) is 3.48. The Morgan fingerprint density at radius 3 is 2.61 bits per heavy atom. The second-order valence-corrected chi connectivity index (χ2v) is 4.74. The number of nitrogens with zero attached hydrogens (tertiary/aromatic N) is 1. The van der Waals surface area contributed by atoms with E-state index in [-0.39, 0.29) is 0 Å². The van der Waals surface area contributed by atoms with Crippen LogP contribution in [0.5, 0.6) is 0 Å². The third-order valence-electron chi connectivity index (χ3n) is 2.98. The van der Waals surface area contributed by atoms with E-state index in [0.717, 1.165) is 26.2 Å². The minimum absolute atomic E-state index is 0.507. The van der Waals surface area contributed by atoms with Crippen molar-refractivity contribution < 1.29 is 4.74 Å². The van der Waals surface area contributed by atoms with E-state index >= 15 is 0 Å². The number of para-hydroxylation sites is 1. The number of methoxy groups -OCH3 is 1. The molecule has 0 unspecified atom stereocenters. The van der Waals surface area contributed by atoms with Crippen LogP contribution in [0.15, 0.2) is 24.3 Å². The summed E-state index contributed by atoms with van der Waals surface area (Å²) in [5.74, 6) is 0. The van der Waals surface area contributed by atoms with Crippen LogP contribution < -0.4 is 10.2 Å². The zero-order chi connectivity index (χ0) is 13.4. The van der Waals surface area contributed by atoms with Gasteiger partial charge in [-0.05, 0) is 18.6 Å². The highest BCUT2D eigenvalue weighted by molar-refractivity contribution is 5.53. The van der Waals surface area contributed by atoms with Gasteiger partial charge in [0.05, 0.1) is 6.61 Å². The monoisotopic (exact) mass is 250 g/mol. The van der Waals surface area contributed by atoms with E-state index in [9.17, 15) is 0 Å². The largest absolute Gasteiger partial charge is 0.383 e. The molecule has 18 heavy (non-hydrogen) atoms. The van der Waals surface area contributed by atoms with E-state index in [1.54, 1.807) is 7.11 Å². The van der Waals surface area contributed by atoms with Crippen molar-refractivity contribution in [1.82, 2.24) is 5.32 Å². The molecule has 1 aromatic rings. The molecule has 0 bridgehead atoms. The highest BCUT2D eigenvalue weighted by Crippen LogP contribution is 2.20. The topological polar surface area (TPSA) is 24.5 Å². The van der Waals surface area contributed by atoms with Gasteiger partial charge in [0.25, 0.3) is 0 Å². The van der Waals surface area contributed by atoms with Crippen LogP contribution in [-0.2, 0) is 11.3 Å². The summed E-state index contributed by atoms with van der Waals surface area (Å²) in [5.41, 5.74) is 2.66. The summed E-state index contributed by atoms with van der Waals surface area (Å²) in [6.45, 7) is 10.1. The highest BCUT2D eigenvalue weighted by atomic mass is 16.5. The fraction of sp³-hybridized carbons (Fsp3) is 0.600. The first-order chi connectivity index (χ1) is 8.69. The molecule has 0 heterocycles. The maximum absolute atomic E-state index is 5.18. The Hall–Kier alpha value is -1.06. The van der Waals surface area contributed by atoms with Crippen molar-refractivity contribution in [2.45, 2.75) is 33.4 Å². The number of benzene rings is 1. The van der Waals surface area contributed by atoms with Crippen molar-refractivity contribution in [2.24, 2.45) is 0 Å². The molecule has 0 aliphatic rings. The molecule has 0 fully saturated rings. The number of rotatable bonds is 8. The predicted molar refractivity (Wildman–Crippen MR) is 78.2 cm³/mol. The molecule has 0 amide bonds. The molecule has 3 heteroatoms. The third kappa shape index (κ3) is 4.67. The molecule has 0 aliphatic heterocycles. The third-order valence-corrected chi connectivity index (χ3v) is 2.98. The Bertz CT molecular complexity index is 339. The van der Waals surface area contributed by atoms with Gasteiger partial charge in [0.2, 0.25) is 0 Å². The Labute approximate surface area is 111 Å². The van der Waals surface area contributed by atoms with Crippen LogP contribution in [0.1, 0.15) is 26.3 Å². The van der Waals surface area contributed by atoms with Crippen LogP contribution >= 0.6 is 0 Å². The Morgan fingerprint density at radius 2 is 2.00 bits per heavy atom. The minimum atomic E-state index is 0.507. The lowest BCUT2D eigenvalue weighted by Gasteiger charge is -2.26. The molecule has 0 radical (unpaired) electrons. The van der Waals surface area contributed by atoms with Crippen LogP contribution in [0, 0.1) is 0 Å². The lowest BCUT2D eigenvalue weighted by atomic mass is 10.1. The maximum atomic E-state index is 5.18. The van der Waals surface area contributed by atoms with Gasteiger partial charge >= 0.3 is 0 Å². The number of anilines is 1. The van der Waals surface area contributed by atoms with Gasteiger partial charge < -0.3 is 15.0 Å². The summed E-state index contributed by atoms with van der Waals surface area (Å²) < 4.78 is 5.18. The summed E-state index contributed by atoms with van der Waals surface area (Å²) >= 11 is 0. The predicted octanol–water partition coefficient (Wildman–Crippen LogP) is 2.66. The molecule has 0 spiro atoms. The molecular formula is C15H26N2O. The summed E-state index contributed by atoms with van der Waals surface area (Å²) in [7, 11) is 1.75. The van der Waals surface area contributed by atoms with Gasteiger partial charge in [-0.25, -0.2) is 0 Å². The molecule has 0 saturated carbocycles. The first kappa shape index (κ1) is 15.0. The number of hydrogen-bond acceptors (Lipinski definition) is 3. The molecule has 1 rings (SSSR count). The lowest BCUT2D eigenvalue weighted by molar-refractivity contribution is 0.205. The molecule has 0 aliphatic carbocycles. The fourth-order valence-corrected chi connectivity index (χ4v) is 1.93. The number of nitrogens with one attached hydrogen (secondary N) is 1. The van der Waals surface area contributed by atoms with Crippen LogP contribution in [0.3, 0.4) is 0 Å². The molecule has 0 atom stereocenters. The van der Waals surface area contributed by atoms with Gasteiger partial charge in [0, 0.05) is 38.5 Å². The van der Waals surface area contributed by atoms with E-state index in [1.807, 2.05) is 0 Å². The summed E-state index contributed by atoms with van der Waals surface area (Å²) in [4.78, 5) is 2.36. The maximum Gasteiger partial charge on any atom is 0.0637 e. The van der Waals surface area contributed by atoms with Crippen molar-refractivity contribution in [2.75, 3.05) is 31.7 Å². The van der Waals surface area contributed by atoms with E-state index < -0.39 is 0 Å². The van der Waals surface area contributed by atoms with Crippen LogP contribution in [0.2, 0.25) is 0 Å². The van der Waals surface area contributed by atoms with E-state index in [0.29, 0.717) is 6.04 Å². The van der Waals surface area contributed by atoms with Gasteiger partial charge in [-0.1, -0.05) is 32.0 Å². The van der Waals surface area contributed by atoms with Crippen molar-refractivity contribution in [3.05, 3.63) is 29.8 Å². The number of ether oxygens (including phenoxy) is 1. The van der Waals surface area contributed by atoms with Crippen molar-refractivity contribution in [1.29, 1.82) is 0 Å². The highest BCUT2D eigenvalue weighted by Gasteiger charge is 2.09. The first-order valence-electron chi connectivity index (χ1n) is 6.74. The Kier molecular flexibility index (Phi) is 6.76. The Morgan fingerprint density at radius 1 is 1.28 bits per heavy atom. The van der Waals surface area contributed by atoms with Gasteiger partial charge in [-0.3, -0.25) is 0 Å². The van der Waals surface area contributed by atoms with Crippen molar-refractivity contribution >= 4 is 5.69 Å². The molecule has 0 saturated heterocycles. The van der Waals surface area contributed by atoms with Gasteiger partial charge in [0.15, 0.2) is 0 Å². The second kappa shape index (κ2) is 8.11. The first-order valence-corrected chi connectivity index (χ1v) is 6.74. The smallest absolute Gasteiger partial charge is 0.0637 e. The van der Waals surface area contributed by atoms with Crippen molar-refractivity contribution in [3.8, 4) is 0 Å². The molecule has 3 nitrogen and oxygen atoms in total. The Balaban J connectivity index is 2.78. The van der Waals surface area contributed by atoms with E-state index in [2.05, 4.69) is 55.3 Å². The number of hydrogen-bond donors (Lipinski definition) is 1. The van der Waals surface area contributed by atoms with Crippen LogP contribution in [0.25, 0.3) is 0 Å². The molecule has 102 valence electrons. The fourth-order valence-electron chi connectivity index (χ4n) is 1.93. The lowest BCUT2D eigenvalue weighted by Crippen LogP contribution is -2.29. The van der Waals surface area contributed by atoms with Gasteiger partial charge in [-0.15, -0.1) is 0 Å². The standard InChI is InChI=1S/C15H26N2O/c1-5-17(10-11-18-4)15-9-7-6-8-14(15)12-16-13(2)3/h6-9,13,16H,5,10-12H2,1-4H3. The minimum Gasteiger partial charge on any atom is -0.383 e. The van der Waals surface area contributed by atoms with E-state index in [1.165, 1.54) is 11.3 Å². The van der Waals surface area contributed by atoms with Gasteiger partial charge in [0.1, 0.15) is 0 Å².